The Morgan fingerprint density at radius 3 is 2.85 bits per heavy atom. The van der Waals surface area contributed by atoms with Gasteiger partial charge in [0.15, 0.2) is 0 Å². The smallest absolute Gasteiger partial charge is 0.0995 e. The highest BCUT2D eigenvalue weighted by Crippen LogP contribution is 2.15. The van der Waals surface area contributed by atoms with E-state index >= 15 is 0 Å². The predicted octanol–water partition coefficient (Wildman–Crippen LogP) is 3.47. The van der Waals surface area contributed by atoms with E-state index in [-0.39, 0.29) is 0 Å². The second-order valence-electron chi connectivity index (χ2n) is 5.06. The monoisotopic (exact) mass is 267 g/mol. The van der Waals surface area contributed by atoms with Crippen LogP contribution in [0.3, 0.4) is 0 Å². The molecule has 20 heavy (non-hydrogen) atoms. The number of nitriles is 1. The molecule has 0 fully saturated rings. The summed E-state index contributed by atoms with van der Waals surface area (Å²) in [7, 11) is 0. The minimum atomic E-state index is 0.363. The van der Waals surface area contributed by atoms with Crippen LogP contribution in [0.25, 0.3) is 0 Å². The Morgan fingerprint density at radius 2 is 2.10 bits per heavy atom. The summed E-state index contributed by atoms with van der Waals surface area (Å²) >= 11 is 0. The first-order valence-corrected chi connectivity index (χ1v) is 7.11. The molecule has 1 unspecified atom stereocenters. The molecule has 0 bridgehead atoms. The van der Waals surface area contributed by atoms with E-state index < -0.39 is 0 Å². The number of hydrogen-bond donors (Lipinski definition) is 1. The van der Waals surface area contributed by atoms with E-state index in [1.165, 1.54) is 5.56 Å². The average molecular weight is 267 g/mol. The van der Waals surface area contributed by atoms with Crippen LogP contribution >= 0.6 is 0 Å². The lowest BCUT2D eigenvalue weighted by Crippen LogP contribution is -2.18. The molecule has 0 aliphatic carbocycles. The van der Waals surface area contributed by atoms with Gasteiger partial charge in [-0.1, -0.05) is 25.1 Å². The zero-order chi connectivity index (χ0) is 14.4. The van der Waals surface area contributed by atoms with E-state index in [1.807, 2.05) is 24.3 Å². The van der Waals surface area contributed by atoms with Crippen LogP contribution in [0.5, 0.6) is 0 Å². The second-order valence-corrected chi connectivity index (χ2v) is 5.06. The summed E-state index contributed by atoms with van der Waals surface area (Å²) in [6.45, 7) is 6.12. The van der Waals surface area contributed by atoms with E-state index in [1.54, 1.807) is 0 Å². The molecule has 0 saturated heterocycles. The molecule has 3 heteroatoms. The number of nitrogens with one attached hydrogen (secondary N) is 1. The standard InChI is InChI=1S/C17H21N3/c1-3-9-19-14(2)16-8-10-20(12-16)13-17-7-5-4-6-15(17)11-18/h4-8,10,12,14,19H,3,9,13H2,1-2H3. The van der Waals surface area contributed by atoms with Crippen molar-refractivity contribution >= 4 is 0 Å². The van der Waals surface area contributed by atoms with Gasteiger partial charge in [-0.2, -0.15) is 5.26 Å². The van der Waals surface area contributed by atoms with Gasteiger partial charge >= 0.3 is 0 Å². The van der Waals surface area contributed by atoms with Crippen LogP contribution in [0, 0.1) is 11.3 Å². The van der Waals surface area contributed by atoms with Crippen molar-refractivity contribution in [3.63, 3.8) is 0 Å². The van der Waals surface area contributed by atoms with Crippen molar-refractivity contribution in [1.82, 2.24) is 9.88 Å². The zero-order valence-corrected chi connectivity index (χ0v) is 12.1. The fourth-order valence-corrected chi connectivity index (χ4v) is 2.26. The summed E-state index contributed by atoms with van der Waals surface area (Å²) in [5.74, 6) is 0. The van der Waals surface area contributed by atoms with E-state index in [0.29, 0.717) is 6.04 Å². The molecule has 0 aliphatic heterocycles. The van der Waals surface area contributed by atoms with E-state index in [4.69, 9.17) is 5.26 Å². The van der Waals surface area contributed by atoms with Gasteiger partial charge in [-0.25, -0.2) is 0 Å². The maximum absolute atomic E-state index is 9.12. The Kier molecular flexibility index (Phi) is 4.97. The average Bonchev–Trinajstić information content (AvgIpc) is 2.94. The fraction of sp³-hybridized carbons (Fsp3) is 0.353. The number of nitrogens with zero attached hydrogens (tertiary/aromatic N) is 2. The molecule has 2 aromatic rings. The Hall–Kier alpha value is -2.05. The third-order valence-electron chi connectivity index (χ3n) is 3.46. The molecule has 1 heterocycles. The van der Waals surface area contributed by atoms with Gasteiger partial charge in [-0.15, -0.1) is 0 Å². The molecule has 0 amide bonds. The number of hydrogen-bond acceptors (Lipinski definition) is 2. The summed E-state index contributed by atoms with van der Waals surface area (Å²) in [6, 6.07) is 12.5. The SMILES string of the molecule is CCCNC(C)c1ccn(Cc2ccccc2C#N)c1. The van der Waals surface area contributed by atoms with Crippen molar-refractivity contribution in [3.8, 4) is 6.07 Å². The van der Waals surface area contributed by atoms with Crippen LogP contribution in [0.1, 0.15) is 43.0 Å². The first-order chi connectivity index (χ1) is 9.74. The first-order valence-electron chi connectivity index (χ1n) is 7.11. The van der Waals surface area contributed by atoms with Crippen molar-refractivity contribution in [2.24, 2.45) is 0 Å². The highest BCUT2D eigenvalue weighted by molar-refractivity contribution is 5.37. The number of benzene rings is 1. The first kappa shape index (κ1) is 14.4. The second kappa shape index (κ2) is 6.93. The molecule has 1 N–H and O–H groups in total. The maximum atomic E-state index is 9.12. The lowest BCUT2D eigenvalue weighted by molar-refractivity contribution is 0.569. The molecule has 104 valence electrons. The summed E-state index contributed by atoms with van der Waals surface area (Å²) in [5, 5.41) is 12.6. The normalized spacial score (nSPS) is 12.1. The minimum absolute atomic E-state index is 0.363. The quantitative estimate of drug-likeness (QED) is 0.870. The highest BCUT2D eigenvalue weighted by atomic mass is 15.0. The molecule has 1 aromatic carbocycles. The topological polar surface area (TPSA) is 40.8 Å². The van der Waals surface area contributed by atoms with Gasteiger partial charge in [0, 0.05) is 25.0 Å². The van der Waals surface area contributed by atoms with Gasteiger partial charge in [0.1, 0.15) is 0 Å². The molecule has 0 spiro atoms. The molecule has 0 aliphatic rings. The predicted molar refractivity (Wildman–Crippen MR) is 81.4 cm³/mol. The lowest BCUT2D eigenvalue weighted by Gasteiger charge is -2.11. The number of rotatable bonds is 6. The van der Waals surface area contributed by atoms with Crippen LogP contribution < -0.4 is 5.32 Å². The van der Waals surface area contributed by atoms with Crippen molar-refractivity contribution in [2.45, 2.75) is 32.9 Å². The lowest BCUT2D eigenvalue weighted by atomic mass is 10.1. The summed E-state index contributed by atoms with van der Waals surface area (Å²) in [4.78, 5) is 0. The molecule has 0 saturated carbocycles. The minimum Gasteiger partial charge on any atom is -0.350 e. The Balaban J connectivity index is 2.08. The molecule has 1 aromatic heterocycles. The van der Waals surface area contributed by atoms with Gasteiger partial charge in [0.25, 0.3) is 0 Å². The van der Waals surface area contributed by atoms with Gasteiger partial charge < -0.3 is 9.88 Å². The van der Waals surface area contributed by atoms with Crippen LogP contribution in [-0.2, 0) is 6.54 Å². The van der Waals surface area contributed by atoms with Crippen molar-refractivity contribution in [1.29, 1.82) is 5.26 Å². The number of aromatic nitrogens is 1. The zero-order valence-electron chi connectivity index (χ0n) is 12.1. The molecule has 2 rings (SSSR count). The Morgan fingerprint density at radius 1 is 1.30 bits per heavy atom. The van der Waals surface area contributed by atoms with Crippen LogP contribution in [0.2, 0.25) is 0 Å². The summed E-state index contributed by atoms with van der Waals surface area (Å²) in [5.41, 5.74) is 3.10. The van der Waals surface area contributed by atoms with Gasteiger partial charge in [-0.3, -0.25) is 0 Å². The van der Waals surface area contributed by atoms with Crippen molar-refractivity contribution in [2.75, 3.05) is 6.54 Å². The van der Waals surface area contributed by atoms with Crippen LogP contribution in [0.15, 0.2) is 42.7 Å². The summed E-state index contributed by atoms with van der Waals surface area (Å²) < 4.78 is 2.13. The third kappa shape index (κ3) is 3.49. The molecule has 3 nitrogen and oxygen atoms in total. The van der Waals surface area contributed by atoms with Gasteiger partial charge in [-0.05, 0) is 43.1 Å². The van der Waals surface area contributed by atoms with Crippen molar-refractivity contribution < 1.29 is 0 Å². The Labute approximate surface area is 120 Å². The summed E-state index contributed by atoms with van der Waals surface area (Å²) in [6.07, 6.45) is 5.37. The van der Waals surface area contributed by atoms with Crippen LogP contribution in [0.4, 0.5) is 0 Å². The fourth-order valence-electron chi connectivity index (χ4n) is 2.26. The highest BCUT2D eigenvalue weighted by Gasteiger charge is 2.07. The van der Waals surface area contributed by atoms with Crippen LogP contribution in [-0.4, -0.2) is 11.1 Å². The van der Waals surface area contributed by atoms with Gasteiger partial charge in [0.05, 0.1) is 11.6 Å². The maximum Gasteiger partial charge on any atom is 0.0995 e. The Bertz CT molecular complexity index is 592. The largest absolute Gasteiger partial charge is 0.350 e. The van der Waals surface area contributed by atoms with Crippen molar-refractivity contribution in [3.05, 3.63) is 59.4 Å². The van der Waals surface area contributed by atoms with E-state index in [9.17, 15) is 0 Å². The molecular weight excluding hydrogens is 246 g/mol. The third-order valence-corrected chi connectivity index (χ3v) is 3.46. The van der Waals surface area contributed by atoms with Gasteiger partial charge in [0.2, 0.25) is 0 Å². The molecular formula is C17H21N3. The molecule has 0 radical (unpaired) electrons. The van der Waals surface area contributed by atoms with E-state index in [2.05, 4.69) is 48.3 Å². The molecule has 1 atom stereocenters. The van der Waals surface area contributed by atoms with E-state index in [0.717, 1.165) is 30.6 Å².